The van der Waals surface area contributed by atoms with Crippen molar-refractivity contribution in [1.29, 1.82) is 0 Å². The van der Waals surface area contributed by atoms with E-state index < -0.39 is 11.9 Å². The van der Waals surface area contributed by atoms with E-state index in [0.29, 0.717) is 22.4 Å². The number of benzene rings is 3. The van der Waals surface area contributed by atoms with E-state index >= 15 is 0 Å². The van der Waals surface area contributed by atoms with E-state index in [0.717, 1.165) is 4.47 Å². The van der Waals surface area contributed by atoms with E-state index in [-0.39, 0.29) is 12.4 Å². The summed E-state index contributed by atoms with van der Waals surface area (Å²) in [5, 5.41) is 0. The Bertz CT molecular complexity index is 997. The topological polar surface area (TPSA) is 69.7 Å². The predicted molar refractivity (Wildman–Crippen MR) is 107 cm³/mol. The van der Waals surface area contributed by atoms with Gasteiger partial charge >= 0.3 is 11.9 Å². The SMILES string of the molecule is O=C(COC(=O)c1cccc(Br)c1)c1ccc(OC(=O)c2ccccc2)cc1. The van der Waals surface area contributed by atoms with Crippen LogP contribution in [-0.2, 0) is 4.74 Å². The fourth-order valence-electron chi connectivity index (χ4n) is 2.36. The zero-order valence-electron chi connectivity index (χ0n) is 14.6. The molecule has 0 aromatic heterocycles. The first kappa shape index (κ1) is 19.5. The van der Waals surface area contributed by atoms with Gasteiger partial charge in [0.05, 0.1) is 11.1 Å². The molecule has 0 saturated heterocycles. The van der Waals surface area contributed by atoms with Gasteiger partial charge in [-0.3, -0.25) is 4.79 Å². The summed E-state index contributed by atoms with van der Waals surface area (Å²) in [7, 11) is 0. The molecule has 0 heterocycles. The summed E-state index contributed by atoms with van der Waals surface area (Å²) in [6.07, 6.45) is 0. The maximum absolute atomic E-state index is 12.2. The lowest BCUT2D eigenvalue weighted by Crippen LogP contribution is -2.14. The van der Waals surface area contributed by atoms with Gasteiger partial charge in [-0.25, -0.2) is 9.59 Å². The molecular weight excluding hydrogens is 424 g/mol. The van der Waals surface area contributed by atoms with Gasteiger partial charge in [-0.1, -0.05) is 40.2 Å². The van der Waals surface area contributed by atoms with Crippen molar-refractivity contribution in [2.24, 2.45) is 0 Å². The first-order valence-electron chi connectivity index (χ1n) is 8.36. The average Bonchev–Trinajstić information content (AvgIpc) is 2.73. The van der Waals surface area contributed by atoms with Crippen LogP contribution in [0.5, 0.6) is 5.75 Å². The minimum atomic E-state index is -0.580. The van der Waals surface area contributed by atoms with Gasteiger partial charge in [0.15, 0.2) is 12.4 Å². The highest BCUT2D eigenvalue weighted by molar-refractivity contribution is 9.10. The molecule has 3 aromatic carbocycles. The number of halogens is 1. The van der Waals surface area contributed by atoms with Crippen LogP contribution in [0.2, 0.25) is 0 Å². The average molecular weight is 439 g/mol. The van der Waals surface area contributed by atoms with Crippen LogP contribution in [0.1, 0.15) is 31.1 Å². The Balaban J connectivity index is 1.56. The second-order valence-corrected chi connectivity index (χ2v) is 6.71. The van der Waals surface area contributed by atoms with Crippen molar-refractivity contribution in [3.8, 4) is 5.75 Å². The van der Waals surface area contributed by atoms with Gasteiger partial charge in [-0.05, 0) is 54.6 Å². The third-order valence-corrected chi connectivity index (χ3v) is 4.28. The number of carbonyl (C=O) groups is 3. The second kappa shape index (κ2) is 9.10. The van der Waals surface area contributed by atoms with Crippen molar-refractivity contribution in [2.45, 2.75) is 0 Å². The Morgan fingerprint density at radius 1 is 0.714 bits per heavy atom. The minimum absolute atomic E-state index is 0.316. The molecule has 0 atom stereocenters. The van der Waals surface area contributed by atoms with Crippen LogP contribution >= 0.6 is 15.9 Å². The summed E-state index contributed by atoms with van der Waals surface area (Å²) < 4.78 is 11.1. The zero-order chi connectivity index (χ0) is 19.9. The van der Waals surface area contributed by atoms with E-state index in [1.54, 1.807) is 54.6 Å². The molecular formula is C22H15BrO5. The summed E-state index contributed by atoms with van der Waals surface area (Å²) in [6.45, 7) is -0.380. The van der Waals surface area contributed by atoms with Crippen LogP contribution in [0, 0.1) is 0 Å². The Morgan fingerprint density at radius 3 is 2.07 bits per heavy atom. The third-order valence-electron chi connectivity index (χ3n) is 3.79. The zero-order valence-corrected chi connectivity index (χ0v) is 16.2. The standard InChI is InChI=1S/C22H15BrO5/c23-18-8-4-7-17(13-18)21(25)27-14-20(24)15-9-11-19(12-10-15)28-22(26)16-5-2-1-3-6-16/h1-13H,14H2. The van der Waals surface area contributed by atoms with Crippen molar-refractivity contribution >= 4 is 33.7 Å². The van der Waals surface area contributed by atoms with Crippen molar-refractivity contribution in [3.05, 3.63) is 100 Å². The quantitative estimate of drug-likeness (QED) is 0.316. The van der Waals surface area contributed by atoms with Crippen LogP contribution in [-0.4, -0.2) is 24.3 Å². The molecule has 140 valence electrons. The first-order chi connectivity index (χ1) is 13.5. The van der Waals surface area contributed by atoms with Crippen LogP contribution in [0.15, 0.2) is 83.3 Å². The van der Waals surface area contributed by atoms with E-state index in [4.69, 9.17) is 9.47 Å². The molecule has 0 spiro atoms. The molecule has 0 bridgehead atoms. The number of ether oxygens (including phenoxy) is 2. The molecule has 0 fully saturated rings. The lowest BCUT2D eigenvalue weighted by molar-refractivity contribution is 0.0474. The molecule has 3 aromatic rings. The predicted octanol–water partition coefficient (Wildman–Crippen LogP) is 4.71. The van der Waals surface area contributed by atoms with Crippen LogP contribution in [0.3, 0.4) is 0 Å². The highest BCUT2D eigenvalue weighted by atomic mass is 79.9. The first-order valence-corrected chi connectivity index (χ1v) is 9.15. The number of ketones is 1. The fraction of sp³-hybridized carbons (Fsp3) is 0.0455. The number of hydrogen-bond acceptors (Lipinski definition) is 5. The largest absolute Gasteiger partial charge is 0.454 e. The van der Waals surface area contributed by atoms with Crippen LogP contribution in [0.4, 0.5) is 0 Å². The van der Waals surface area contributed by atoms with Crippen LogP contribution in [0.25, 0.3) is 0 Å². The molecule has 0 unspecified atom stereocenters. The van der Waals surface area contributed by atoms with E-state index in [1.165, 1.54) is 24.3 Å². The molecule has 0 radical (unpaired) electrons. The molecule has 0 amide bonds. The highest BCUT2D eigenvalue weighted by Gasteiger charge is 2.13. The maximum atomic E-state index is 12.2. The summed E-state index contributed by atoms with van der Waals surface area (Å²) in [6, 6.07) is 21.4. The normalized spacial score (nSPS) is 10.2. The number of Topliss-reactive ketones (excluding diaryl/α,β-unsaturated/α-hetero) is 1. The molecule has 28 heavy (non-hydrogen) atoms. The highest BCUT2D eigenvalue weighted by Crippen LogP contribution is 2.16. The van der Waals surface area contributed by atoms with Gasteiger partial charge in [0.1, 0.15) is 5.75 Å². The second-order valence-electron chi connectivity index (χ2n) is 5.79. The number of rotatable bonds is 6. The maximum Gasteiger partial charge on any atom is 0.343 e. The molecule has 0 N–H and O–H groups in total. The summed E-state index contributed by atoms with van der Waals surface area (Å²) >= 11 is 3.28. The monoisotopic (exact) mass is 438 g/mol. The van der Waals surface area contributed by atoms with E-state index in [1.807, 2.05) is 0 Å². The summed E-state index contributed by atoms with van der Waals surface area (Å²) in [4.78, 5) is 36.2. The van der Waals surface area contributed by atoms with Gasteiger partial charge in [-0.15, -0.1) is 0 Å². The van der Waals surface area contributed by atoms with Crippen molar-refractivity contribution < 1.29 is 23.9 Å². The lowest BCUT2D eigenvalue weighted by Gasteiger charge is -2.07. The van der Waals surface area contributed by atoms with Crippen LogP contribution < -0.4 is 4.74 Å². The van der Waals surface area contributed by atoms with Crippen molar-refractivity contribution in [2.75, 3.05) is 6.61 Å². The number of carbonyl (C=O) groups excluding carboxylic acids is 3. The lowest BCUT2D eigenvalue weighted by atomic mass is 10.1. The smallest absolute Gasteiger partial charge is 0.343 e. The van der Waals surface area contributed by atoms with E-state index in [2.05, 4.69) is 15.9 Å². The van der Waals surface area contributed by atoms with Gasteiger partial charge in [0.25, 0.3) is 0 Å². The van der Waals surface area contributed by atoms with Gasteiger partial charge in [0.2, 0.25) is 0 Å². The Kier molecular flexibility index (Phi) is 6.34. The van der Waals surface area contributed by atoms with E-state index in [9.17, 15) is 14.4 Å². The van der Waals surface area contributed by atoms with Gasteiger partial charge in [-0.2, -0.15) is 0 Å². The summed E-state index contributed by atoms with van der Waals surface area (Å²) in [5.41, 5.74) is 1.13. The third kappa shape index (κ3) is 5.14. The number of esters is 2. The Labute approximate surface area is 170 Å². The molecule has 5 nitrogen and oxygen atoms in total. The molecule has 0 aliphatic carbocycles. The number of hydrogen-bond donors (Lipinski definition) is 0. The van der Waals surface area contributed by atoms with Crippen molar-refractivity contribution in [3.63, 3.8) is 0 Å². The molecule has 0 aliphatic rings. The minimum Gasteiger partial charge on any atom is -0.454 e. The fourth-order valence-corrected chi connectivity index (χ4v) is 2.76. The Morgan fingerprint density at radius 2 is 1.39 bits per heavy atom. The molecule has 0 saturated carbocycles. The Hall–Kier alpha value is -3.25. The molecule has 0 aliphatic heterocycles. The van der Waals surface area contributed by atoms with Gasteiger partial charge in [0, 0.05) is 10.0 Å². The molecule has 6 heteroatoms. The molecule has 3 rings (SSSR count). The van der Waals surface area contributed by atoms with Gasteiger partial charge < -0.3 is 9.47 Å². The van der Waals surface area contributed by atoms with Crippen molar-refractivity contribution in [1.82, 2.24) is 0 Å². The summed E-state index contributed by atoms with van der Waals surface area (Å²) in [5.74, 6) is -1.11.